The molecule has 5 heteroatoms. The van der Waals surface area contributed by atoms with Gasteiger partial charge in [-0.3, -0.25) is 4.90 Å². The van der Waals surface area contributed by atoms with Gasteiger partial charge in [-0.15, -0.1) is 12.3 Å². The van der Waals surface area contributed by atoms with E-state index in [1.807, 2.05) is 0 Å². The van der Waals surface area contributed by atoms with Crippen molar-refractivity contribution in [3.8, 4) is 12.3 Å². The van der Waals surface area contributed by atoms with E-state index >= 15 is 0 Å². The first-order valence-corrected chi connectivity index (χ1v) is 5.97. The summed E-state index contributed by atoms with van der Waals surface area (Å²) < 4.78 is 36.4. The molecule has 0 atom stereocenters. The number of halogens is 3. The molecular formula is C12H19F3N2. The molecule has 0 aromatic carbocycles. The molecule has 1 rings (SSSR count). The van der Waals surface area contributed by atoms with Crippen molar-refractivity contribution in [1.29, 1.82) is 0 Å². The van der Waals surface area contributed by atoms with Gasteiger partial charge in [0.15, 0.2) is 0 Å². The second-order valence-electron chi connectivity index (χ2n) is 4.43. The zero-order valence-corrected chi connectivity index (χ0v) is 9.89. The Hall–Kier alpha value is -0.730. The summed E-state index contributed by atoms with van der Waals surface area (Å²) in [6.07, 6.45) is 4.30. The lowest BCUT2D eigenvalue weighted by Crippen LogP contribution is -2.45. The monoisotopic (exact) mass is 248 g/mol. The summed E-state index contributed by atoms with van der Waals surface area (Å²) in [5.41, 5.74) is 0. The molecule has 0 saturated carbocycles. The predicted octanol–water partition coefficient (Wildman–Crippen LogP) is 2.02. The largest absolute Gasteiger partial charge is 0.401 e. The minimum Gasteiger partial charge on any atom is -0.314 e. The lowest BCUT2D eigenvalue weighted by atomic mass is 10.0. The summed E-state index contributed by atoms with van der Waals surface area (Å²) in [7, 11) is 0. The van der Waals surface area contributed by atoms with Gasteiger partial charge in [0, 0.05) is 12.5 Å². The van der Waals surface area contributed by atoms with Gasteiger partial charge in [0.1, 0.15) is 0 Å². The Morgan fingerprint density at radius 2 is 1.94 bits per heavy atom. The molecule has 0 radical (unpaired) electrons. The maximum absolute atomic E-state index is 12.1. The predicted molar refractivity (Wildman–Crippen MR) is 61.6 cm³/mol. The van der Waals surface area contributed by atoms with Gasteiger partial charge in [-0.2, -0.15) is 13.2 Å². The van der Waals surface area contributed by atoms with Crippen LogP contribution in [0, 0.1) is 12.3 Å². The van der Waals surface area contributed by atoms with E-state index in [0.717, 1.165) is 32.2 Å². The van der Waals surface area contributed by atoms with Gasteiger partial charge in [-0.05, 0) is 38.9 Å². The van der Waals surface area contributed by atoms with Gasteiger partial charge >= 0.3 is 6.18 Å². The molecule has 0 aromatic heterocycles. The number of terminal acetylenes is 1. The number of nitrogens with zero attached hydrogens (tertiary/aromatic N) is 1. The van der Waals surface area contributed by atoms with Crippen LogP contribution >= 0.6 is 0 Å². The van der Waals surface area contributed by atoms with E-state index in [-0.39, 0.29) is 0 Å². The van der Waals surface area contributed by atoms with E-state index in [4.69, 9.17) is 6.42 Å². The number of alkyl halides is 3. The fourth-order valence-corrected chi connectivity index (χ4v) is 2.05. The Balaban J connectivity index is 2.11. The summed E-state index contributed by atoms with van der Waals surface area (Å²) in [4.78, 5) is 1.47. The second kappa shape index (κ2) is 6.87. The third-order valence-corrected chi connectivity index (χ3v) is 2.92. The van der Waals surface area contributed by atoms with Gasteiger partial charge in [-0.25, -0.2) is 0 Å². The standard InChI is InChI=1S/C12H19F3N2/c1-2-3-4-7-16-11-5-8-17(9-6-11)10-12(13,14)15/h1,11,16H,3-10H2. The SMILES string of the molecule is C#CCCCNC1CCN(CC(F)(F)F)CC1. The van der Waals surface area contributed by atoms with Crippen molar-refractivity contribution in [2.24, 2.45) is 0 Å². The Morgan fingerprint density at radius 3 is 2.47 bits per heavy atom. The minimum atomic E-state index is -4.08. The lowest BCUT2D eigenvalue weighted by molar-refractivity contribution is -0.148. The van der Waals surface area contributed by atoms with Crippen LogP contribution in [-0.4, -0.2) is 43.3 Å². The average molecular weight is 248 g/mol. The highest BCUT2D eigenvalue weighted by Crippen LogP contribution is 2.19. The molecule has 0 bridgehead atoms. The molecule has 2 nitrogen and oxygen atoms in total. The minimum absolute atomic E-state index is 0.345. The molecule has 0 aliphatic carbocycles. The molecule has 0 amide bonds. The molecular weight excluding hydrogens is 229 g/mol. The zero-order valence-electron chi connectivity index (χ0n) is 9.89. The number of hydrogen-bond donors (Lipinski definition) is 1. The van der Waals surface area contributed by atoms with Crippen molar-refractivity contribution >= 4 is 0 Å². The first-order valence-electron chi connectivity index (χ1n) is 5.97. The highest BCUT2D eigenvalue weighted by molar-refractivity contribution is 4.84. The molecule has 1 fully saturated rings. The summed E-state index contributed by atoms with van der Waals surface area (Å²) in [5.74, 6) is 2.57. The van der Waals surface area contributed by atoms with Crippen LogP contribution in [0.25, 0.3) is 0 Å². The second-order valence-corrected chi connectivity index (χ2v) is 4.43. The Morgan fingerprint density at radius 1 is 1.29 bits per heavy atom. The molecule has 1 heterocycles. The Labute approximate surface area is 101 Å². The lowest BCUT2D eigenvalue weighted by Gasteiger charge is -2.32. The van der Waals surface area contributed by atoms with E-state index < -0.39 is 12.7 Å². The maximum Gasteiger partial charge on any atom is 0.401 e. The smallest absolute Gasteiger partial charge is 0.314 e. The molecule has 1 aliphatic heterocycles. The van der Waals surface area contributed by atoms with Crippen molar-refractivity contribution in [1.82, 2.24) is 10.2 Å². The van der Waals surface area contributed by atoms with Crippen LogP contribution in [-0.2, 0) is 0 Å². The van der Waals surface area contributed by atoms with E-state index in [0.29, 0.717) is 19.1 Å². The average Bonchev–Trinajstić information content (AvgIpc) is 2.25. The van der Waals surface area contributed by atoms with E-state index in [1.165, 1.54) is 4.90 Å². The van der Waals surface area contributed by atoms with Crippen LogP contribution in [0.5, 0.6) is 0 Å². The van der Waals surface area contributed by atoms with Crippen LogP contribution in [0.4, 0.5) is 13.2 Å². The summed E-state index contributed by atoms with van der Waals surface area (Å²) >= 11 is 0. The maximum atomic E-state index is 12.1. The van der Waals surface area contributed by atoms with Gasteiger partial charge in [0.25, 0.3) is 0 Å². The van der Waals surface area contributed by atoms with Crippen molar-refractivity contribution in [2.75, 3.05) is 26.2 Å². The third kappa shape index (κ3) is 6.54. The molecule has 1 aliphatic rings. The Kier molecular flexibility index (Phi) is 5.79. The number of piperidine rings is 1. The molecule has 1 N–H and O–H groups in total. The van der Waals surface area contributed by atoms with E-state index in [9.17, 15) is 13.2 Å². The number of rotatable bonds is 5. The van der Waals surface area contributed by atoms with Gasteiger partial charge in [0.2, 0.25) is 0 Å². The molecule has 98 valence electrons. The zero-order chi connectivity index (χ0) is 12.7. The van der Waals surface area contributed by atoms with Gasteiger partial charge in [-0.1, -0.05) is 0 Å². The molecule has 1 saturated heterocycles. The van der Waals surface area contributed by atoms with Gasteiger partial charge < -0.3 is 5.32 Å². The van der Waals surface area contributed by atoms with Crippen LogP contribution in [0.1, 0.15) is 25.7 Å². The van der Waals surface area contributed by atoms with Crippen LogP contribution in [0.2, 0.25) is 0 Å². The number of unbranched alkanes of at least 4 members (excludes halogenated alkanes) is 1. The van der Waals surface area contributed by atoms with Crippen LogP contribution < -0.4 is 5.32 Å². The van der Waals surface area contributed by atoms with Crippen molar-refractivity contribution < 1.29 is 13.2 Å². The third-order valence-electron chi connectivity index (χ3n) is 2.92. The first kappa shape index (κ1) is 14.3. The number of nitrogens with one attached hydrogen (secondary N) is 1. The topological polar surface area (TPSA) is 15.3 Å². The van der Waals surface area contributed by atoms with E-state index in [2.05, 4.69) is 11.2 Å². The molecule has 17 heavy (non-hydrogen) atoms. The van der Waals surface area contributed by atoms with Crippen molar-refractivity contribution in [2.45, 2.75) is 37.9 Å². The molecule has 0 unspecified atom stereocenters. The van der Waals surface area contributed by atoms with Crippen LogP contribution in [0.15, 0.2) is 0 Å². The number of likely N-dealkylation sites (tertiary alicyclic amines) is 1. The van der Waals surface area contributed by atoms with E-state index in [1.54, 1.807) is 0 Å². The van der Waals surface area contributed by atoms with Crippen LogP contribution in [0.3, 0.4) is 0 Å². The van der Waals surface area contributed by atoms with Crippen molar-refractivity contribution in [3.63, 3.8) is 0 Å². The molecule has 0 aromatic rings. The normalized spacial score (nSPS) is 19.2. The summed E-state index contributed by atoms with van der Waals surface area (Å²) in [6.45, 7) is 1.11. The summed E-state index contributed by atoms with van der Waals surface area (Å²) in [5, 5.41) is 3.34. The van der Waals surface area contributed by atoms with Crippen molar-refractivity contribution in [3.05, 3.63) is 0 Å². The fourth-order valence-electron chi connectivity index (χ4n) is 2.05. The quantitative estimate of drug-likeness (QED) is 0.591. The highest BCUT2D eigenvalue weighted by Gasteiger charge is 2.32. The summed E-state index contributed by atoms with van der Waals surface area (Å²) in [6, 6.07) is 0.345. The molecule has 0 spiro atoms. The first-order chi connectivity index (χ1) is 8.01. The Bertz CT molecular complexity index is 249. The number of hydrogen-bond acceptors (Lipinski definition) is 2. The highest BCUT2D eigenvalue weighted by atomic mass is 19.4. The van der Waals surface area contributed by atoms with Gasteiger partial charge in [0.05, 0.1) is 6.54 Å². The fraction of sp³-hybridized carbons (Fsp3) is 0.833.